The molecule has 1 fully saturated rings. The number of hydrogen-bond donors (Lipinski definition) is 1. The largest absolute Gasteiger partial charge is 0.474 e. The number of rotatable bonds is 4. The third-order valence-electron chi connectivity index (χ3n) is 4.32. The second-order valence-electron chi connectivity index (χ2n) is 6.38. The van der Waals surface area contributed by atoms with Gasteiger partial charge in [0.05, 0.1) is 0 Å². The van der Waals surface area contributed by atoms with E-state index in [1.807, 2.05) is 6.92 Å². The first kappa shape index (κ1) is 15.1. The minimum absolute atomic E-state index is 0.248. The van der Waals surface area contributed by atoms with Gasteiger partial charge in [0, 0.05) is 12.5 Å². The standard InChI is InChI=1S/C16H27N3O/c1-5-15-18-14(17)9-16(19-15)20-13-8-11(4)6-7-12(13)10(2)3/h9-13H,5-8H2,1-4H3,(H2,17,18,19). The van der Waals surface area contributed by atoms with E-state index in [1.54, 1.807) is 6.07 Å². The molecule has 2 rings (SSSR count). The lowest BCUT2D eigenvalue weighted by atomic mass is 9.75. The van der Waals surface area contributed by atoms with Crippen molar-refractivity contribution in [3.8, 4) is 5.88 Å². The molecular weight excluding hydrogens is 250 g/mol. The van der Waals surface area contributed by atoms with Gasteiger partial charge in [0.1, 0.15) is 17.7 Å². The smallest absolute Gasteiger partial charge is 0.219 e. The van der Waals surface area contributed by atoms with Gasteiger partial charge in [-0.05, 0) is 30.6 Å². The van der Waals surface area contributed by atoms with Gasteiger partial charge in [-0.1, -0.05) is 34.1 Å². The molecule has 1 aromatic heterocycles. The monoisotopic (exact) mass is 277 g/mol. The van der Waals surface area contributed by atoms with Gasteiger partial charge in [-0.3, -0.25) is 0 Å². The van der Waals surface area contributed by atoms with Crippen molar-refractivity contribution < 1.29 is 4.74 Å². The summed E-state index contributed by atoms with van der Waals surface area (Å²) in [5, 5.41) is 0. The maximum absolute atomic E-state index is 6.19. The Hall–Kier alpha value is -1.32. The third kappa shape index (κ3) is 3.62. The van der Waals surface area contributed by atoms with Crippen LogP contribution in [0.2, 0.25) is 0 Å². The molecule has 0 amide bonds. The maximum Gasteiger partial charge on any atom is 0.219 e. The molecule has 112 valence electrons. The lowest BCUT2D eigenvalue weighted by Gasteiger charge is -2.37. The van der Waals surface area contributed by atoms with Crippen LogP contribution in [0.4, 0.5) is 5.82 Å². The molecule has 0 spiro atoms. The maximum atomic E-state index is 6.19. The van der Waals surface area contributed by atoms with Crippen molar-refractivity contribution in [1.29, 1.82) is 0 Å². The predicted octanol–water partition coefficient (Wildman–Crippen LogP) is 3.46. The number of aromatic nitrogens is 2. The van der Waals surface area contributed by atoms with Crippen molar-refractivity contribution in [2.24, 2.45) is 17.8 Å². The highest BCUT2D eigenvalue weighted by atomic mass is 16.5. The molecule has 0 radical (unpaired) electrons. The molecule has 3 atom stereocenters. The van der Waals surface area contributed by atoms with E-state index in [1.165, 1.54) is 12.8 Å². The Bertz CT molecular complexity index is 447. The Morgan fingerprint density at radius 1 is 1.35 bits per heavy atom. The van der Waals surface area contributed by atoms with Gasteiger partial charge in [-0.15, -0.1) is 0 Å². The SMILES string of the molecule is CCc1nc(N)cc(OC2CC(C)CCC2C(C)C)n1. The summed E-state index contributed by atoms with van der Waals surface area (Å²) in [5.74, 6) is 3.85. The van der Waals surface area contributed by atoms with Gasteiger partial charge in [0.25, 0.3) is 0 Å². The van der Waals surface area contributed by atoms with Crippen LogP contribution in [-0.4, -0.2) is 16.1 Å². The van der Waals surface area contributed by atoms with E-state index in [2.05, 4.69) is 30.7 Å². The Labute approximate surface area is 122 Å². The van der Waals surface area contributed by atoms with Crippen LogP contribution in [0.1, 0.15) is 52.8 Å². The van der Waals surface area contributed by atoms with Crippen LogP contribution in [0.5, 0.6) is 5.88 Å². The molecular formula is C16H27N3O. The fraction of sp³-hybridized carbons (Fsp3) is 0.750. The van der Waals surface area contributed by atoms with Gasteiger partial charge < -0.3 is 10.5 Å². The first-order chi connectivity index (χ1) is 9.49. The summed E-state index contributed by atoms with van der Waals surface area (Å²) in [7, 11) is 0. The topological polar surface area (TPSA) is 61.0 Å². The van der Waals surface area contributed by atoms with Crippen molar-refractivity contribution >= 4 is 5.82 Å². The fourth-order valence-electron chi connectivity index (χ4n) is 3.12. The molecule has 1 aromatic rings. The molecule has 1 heterocycles. The summed E-state index contributed by atoms with van der Waals surface area (Å²) in [6, 6.07) is 1.75. The van der Waals surface area contributed by atoms with E-state index in [9.17, 15) is 0 Å². The Kier molecular flexibility index (Phi) is 4.84. The van der Waals surface area contributed by atoms with Crippen molar-refractivity contribution in [2.45, 2.75) is 59.5 Å². The normalized spacial score (nSPS) is 26.8. The molecule has 0 aromatic carbocycles. The average Bonchev–Trinajstić information content (AvgIpc) is 2.37. The summed E-state index contributed by atoms with van der Waals surface area (Å²) in [4.78, 5) is 8.65. The van der Waals surface area contributed by atoms with Crippen LogP contribution in [0, 0.1) is 17.8 Å². The van der Waals surface area contributed by atoms with Crippen molar-refractivity contribution in [3.63, 3.8) is 0 Å². The summed E-state index contributed by atoms with van der Waals surface area (Å²) in [6.45, 7) is 8.89. The Balaban J connectivity index is 2.15. The molecule has 1 aliphatic carbocycles. The second-order valence-corrected chi connectivity index (χ2v) is 6.38. The molecule has 20 heavy (non-hydrogen) atoms. The Morgan fingerprint density at radius 2 is 2.10 bits per heavy atom. The number of nitrogens with two attached hydrogens (primary N) is 1. The lowest BCUT2D eigenvalue weighted by Crippen LogP contribution is -2.36. The van der Waals surface area contributed by atoms with E-state index in [0.29, 0.717) is 23.5 Å². The second kappa shape index (κ2) is 6.42. The molecule has 0 aliphatic heterocycles. The first-order valence-electron chi connectivity index (χ1n) is 7.79. The van der Waals surface area contributed by atoms with Crippen molar-refractivity contribution in [2.75, 3.05) is 5.73 Å². The van der Waals surface area contributed by atoms with Gasteiger partial charge >= 0.3 is 0 Å². The van der Waals surface area contributed by atoms with E-state index >= 15 is 0 Å². The van der Waals surface area contributed by atoms with Crippen LogP contribution in [0.15, 0.2) is 6.07 Å². The molecule has 4 heteroatoms. The molecule has 1 saturated carbocycles. The molecule has 2 N–H and O–H groups in total. The number of nitrogen functional groups attached to an aromatic ring is 1. The van der Waals surface area contributed by atoms with Crippen molar-refractivity contribution in [1.82, 2.24) is 9.97 Å². The van der Waals surface area contributed by atoms with E-state index in [4.69, 9.17) is 10.5 Å². The van der Waals surface area contributed by atoms with Gasteiger partial charge in [-0.25, -0.2) is 4.98 Å². The molecule has 4 nitrogen and oxygen atoms in total. The summed E-state index contributed by atoms with van der Waals surface area (Å²) < 4.78 is 6.19. The zero-order chi connectivity index (χ0) is 14.7. The summed E-state index contributed by atoms with van der Waals surface area (Å²) >= 11 is 0. The van der Waals surface area contributed by atoms with Crippen LogP contribution in [0.25, 0.3) is 0 Å². The number of anilines is 1. The van der Waals surface area contributed by atoms with Crippen LogP contribution in [0.3, 0.4) is 0 Å². The highest BCUT2D eigenvalue weighted by Crippen LogP contribution is 2.35. The molecule has 0 bridgehead atoms. The zero-order valence-electron chi connectivity index (χ0n) is 13.1. The highest BCUT2D eigenvalue weighted by Gasteiger charge is 2.32. The minimum Gasteiger partial charge on any atom is -0.474 e. The van der Waals surface area contributed by atoms with Crippen molar-refractivity contribution in [3.05, 3.63) is 11.9 Å². The number of hydrogen-bond acceptors (Lipinski definition) is 4. The fourth-order valence-corrected chi connectivity index (χ4v) is 3.12. The molecule has 1 aliphatic rings. The summed E-state index contributed by atoms with van der Waals surface area (Å²) in [5.41, 5.74) is 5.83. The quantitative estimate of drug-likeness (QED) is 0.915. The van der Waals surface area contributed by atoms with E-state index < -0.39 is 0 Å². The van der Waals surface area contributed by atoms with Crippen LogP contribution < -0.4 is 10.5 Å². The van der Waals surface area contributed by atoms with Gasteiger partial charge in [0.15, 0.2) is 0 Å². The van der Waals surface area contributed by atoms with Crippen LogP contribution in [-0.2, 0) is 6.42 Å². The van der Waals surface area contributed by atoms with Crippen LogP contribution >= 0.6 is 0 Å². The Morgan fingerprint density at radius 3 is 2.75 bits per heavy atom. The lowest BCUT2D eigenvalue weighted by molar-refractivity contribution is 0.0424. The van der Waals surface area contributed by atoms with Gasteiger partial charge in [0.2, 0.25) is 5.88 Å². The number of ether oxygens (including phenoxy) is 1. The van der Waals surface area contributed by atoms with Gasteiger partial charge in [-0.2, -0.15) is 4.98 Å². The molecule has 0 saturated heterocycles. The van der Waals surface area contributed by atoms with E-state index in [-0.39, 0.29) is 6.10 Å². The minimum atomic E-state index is 0.248. The first-order valence-corrected chi connectivity index (χ1v) is 7.79. The average molecular weight is 277 g/mol. The summed E-state index contributed by atoms with van der Waals surface area (Å²) in [6.07, 6.45) is 4.67. The third-order valence-corrected chi connectivity index (χ3v) is 4.32. The molecule has 3 unspecified atom stereocenters. The zero-order valence-corrected chi connectivity index (χ0v) is 13.1. The number of nitrogens with zero attached hydrogens (tertiary/aromatic N) is 2. The number of aryl methyl sites for hydroxylation is 1. The highest BCUT2D eigenvalue weighted by molar-refractivity contribution is 5.33. The van der Waals surface area contributed by atoms with E-state index in [0.717, 1.165) is 24.6 Å². The predicted molar refractivity (Wildman–Crippen MR) is 81.6 cm³/mol.